The number of piperazine rings is 1. The molecule has 5 heteroatoms. The van der Waals surface area contributed by atoms with Gasteiger partial charge in [0.25, 0.3) is 0 Å². The van der Waals surface area contributed by atoms with Gasteiger partial charge in [-0.3, -0.25) is 0 Å². The Kier molecular flexibility index (Phi) is 3.13. The van der Waals surface area contributed by atoms with E-state index in [0.717, 1.165) is 54.2 Å². The van der Waals surface area contributed by atoms with E-state index in [1.54, 1.807) is 7.11 Å². The van der Waals surface area contributed by atoms with Crippen LogP contribution in [-0.4, -0.2) is 38.3 Å². The summed E-state index contributed by atoms with van der Waals surface area (Å²) in [4.78, 5) is 6.80. The van der Waals surface area contributed by atoms with Crippen LogP contribution in [0.3, 0.4) is 0 Å². The van der Waals surface area contributed by atoms with Crippen molar-refractivity contribution in [2.45, 2.75) is 0 Å². The summed E-state index contributed by atoms with van der Waals surface area (Å²) in [6, 6.07) is 5.74. The highest BCUT2D eigenvalue weighted by atomic mass is 16.5. The van der Waals surface area contributed by atoms with Gasteiger partial charge in [0, 0.05) is 43.4 Å². The van der Waals surface area contributed by atoms with Crippen molar-refractivity contribution in [3.05, 3.63) is 24.4 Å². The number of nitrogens with two attached hydrogens (primary N) is 1. The number of nitrogens with zero attached hydrogens (tertiary/aromatic N) is 2. The third kappa shape index (κ3) is 2.06. The molecule has 0 amide bonds. The predicted molar refractivity (Wildman–Crippen MR) is 77.8 cm³/mol. The van der Waals surface area contributed by atoms with Crippen molar-refractivity contribution in [2.24, 2.45) is 0 Å². The van der Waals surface area contributed by atoms with Gasteiger partial charge < -0.3 is 20.7 Å². The van der Waals surface area contributed by atoms with Crippen LogP contribution >= 0.6 is 0 Å². The van der Waals surface area contributed by atoms with Crippen LogP contribution in [0.4, 0.5) is 11.5 Å². The van der Waals surface area contributed by atoms with Crippen LogP contribution in [0, 0.1) is 0 Å². The Morgan fingerprint density at radius 1 is 1.26 bits per heavy atom. The van der Waals surface area contributed by atoms with E-state index in [4.69, 9.17) is 10.5 Å². The fourth-order valence-corrected chi connectivity index (χ4v) is 2.57. The Balaban J connectivity index is 2.18. The number of pyridine rings is 1. The third-order valence-corrected chi connectivity index (χ3v) is 3.54. The number of nitrogen functional groups attached to an aromatic ring is 1. The van der Waals surface area contributed by atoms with Gasteiger partial charge in [0.1, 0.15) is 11.6 Å². The number of fused-ring (bicyclic) bond motifs is 1. The molecule has 3 rings (SSSR count). The van der Waals surface area contributed by atoms with Crippen molar-refractivity contribution >= 4 is 22.3 Å². The molecule has 19 heavy (non-hydrogen) atoms. The Hall–Kier alpha value is -2.01. The van der Waals surface area contributed by atoms with E-state index >= 15 is 0 Å². The lowest BCUT2D eigenvalue weighted by Gasteiger charge is -2.29. The molecule has 2 heterocycles. The first-order chi connectivity index (χ1) is 9.31. The van der Waals surface area contributed by atoms with Gasteiger partial charge in [-0.25, -0.2) is 4.98 Å². The van der Waals surface area contributed by atoms with Crippen LogP contribution in [0.1, 0.15) is 0 Å². The Bertz CT molecular complexity index is 593. The third-order valence-electron chi connectivity index (χ3n) is 3.54. The van der Waals surface area contributed by atoms with E-state index in [2.05, 4.69) is 15.2 Å². The molecule has 1 aromatic carbocycles. The van der Waals surface area contributed by atoms with Gasteiger partial charge in [0.15, 0.2) is 0 Å². The highest BCUT2D eigenvalue weighted by Crippen LogP contribution is 2.35. The molecule has 100 valence electrons. The zero-order valence-electron chi connectivity index (χ0n) is 11.0. The lowest BCUT2D eigenvalue weighted by atomic mass is 10.1. The van der Waals surface area contributed by atoms with Crippen LogP contribution in [-0.2, 0) is 0 Å². The van der Waals surface area contributed by atoms with E-state index < -0.39 is 0 Å². The molecule has 1 aliphatic heterocycles. The average Bonchev–Trinajstić information content (AvgIpc) is 2.48. The van der Waals surface area contributed by atoms with Crippen molar-refractivity contribution in [3.8, 4) is 5.75 Å². The molecule has 0 atom stereocenters. The first kappa shape index (κ1) is 12.0. The van der Waals surface area contributed by atoms with Crippen LogP contribution in [0.15, 0.2) is 24.4 Å². The number of ether oxygens (including phenoxy) is 1. The maximum atomic E-state index is 6.15. The van der Waals surface area contributed by atoms with E-state index in [-0.39, 0.29) is 0 Å². The van der Waals surface area contributed by atoms with Crippen LogP contribution in [0.5, 0.6) is 5.75 Å². The van der Waals surface area contributed by atoms with E-state index in [1.165, 1.54) is 0 Å². The second-order valence-corrected chi connectivity index (χ2v) is 4.65. The molecule has 5 nitrogen and oxygen atoms in total. The minimum Gasteiger partial charge on any atom is -0.496 e. The first-order valence-corrected chi connectivity index (χ1v) is 6.48. The van der Waals surface area contributed by atoms with Gasteiger partial charge in [-0.15, -0.1) is 0 Å². The van der Waals surface area contributed by atoms with Crippen LogP contribution in [0.2, 0.25) is 0 Å². The predicted octanol–water partition coefficient (Wildman–Crippen LogP) is 1.24. The standard InChI is InChI=1S/C14H18N4O/c1-19-12-3-2-11(15)13-10(12)4-5-17-14(13)18-8-6-16-7-9-18/h2-5,16H,6-9,15H2,1H3. The van der Waals surface area contributed by atoms with Gasteiger partial charge >= 0.3 is 0 Å². The quantitative estimate of drug-likeness (QED) is 0.793. The second kappa shape index (κ2) is 4.93. The Labute approximate surface area is 112 Å². The Morgan fingerprint density at radius 2 is 2.05 bits per heavy atom. The van der Waals surface area contributed by atoms with Gasteiger partial charge in [-0.05, 0) is 18.2 Å². The molecule has 0 unspecified atom stereocenters. The number of hydrogen-bond donors (Lipinski definition) is 2. The van der Waals surface area contributed by atoms with Gasteiger partial charge in [-0.2, -0.15) is 0 Å². The fourth-order valence-electron chi connectivity index (χ4n) is 2.57. The molecule has 1 saturated heterocycles. The molecule has 1 fully saturated rings. The number of hydrogen-bond acceptors (Lipinski definition) is 5. The molecule has 3 N–H and O–H groups in total. The summed E-state index contributed by atoms with van der Waals surface area (Å²) in [5.74, 6) is 1.79. The lowest BCUT2D eigenvalue weighted by Crippen LogP contribution is -2.44. The molecule has 1 aromatic heterocycles. The summed E-state index contributed by atoms with van der Waals surface area (Å²) >= 11 is 0. The summed E-state index contributed by atoms with van der Waals surface area (Å²) in [6.45, 7) is 3.84. The summed E-state index contributed by atoms with van der Waals surface area (Å²) < 4.78 is 5.41. The SMILES string of the molecule is COc1ccc(N)c2c(N3CCNCC3)nccc12. The lowest BCUT2D eigenvalue weighted by molar-refractivity contribution is 0.420. The molecule has 0 aliphatic carbocycles. The topological polar surface area (TPSA) is 63.4 Å². The van der Waals surface area contributed by atoms with E-state index in [0.29, 0.717) is 0 Å². The number of anilines is 2. The monoisotopic (exact) mass is 258 g/mol. The number of methoxy groups -OCH3 is 1. The number of aromatic nitrogens is 1. The normalized spacial score (nSPS) is 15.7. The van der Waals surface area contributed by atoms with Crippen molar-refractivity contribution < 1.29 is 4.74 Å². The highest BCUT2D eigenvalue weighted by Gasteiger charge is 2.17. The molecule has 0 bridgehead atoms. The van der Waals surface area contributed by atoms with Crippen LogP contribution < -0.4 is 20.7 Å². The first-order valence-electron chi connectivity index (χ1n) is 6.48. The van der Waals surface area contributed by atoms with E-state index in [9.17, 15) is 0 Å². The molecule has 1 aliphatic rings. The second-order valence-electron chi connectivity index (χ2n) is 4.65. The van der Waals surface area contributed by atoms with Gasteiger partial charge in [0.05, 0.1) is 12.5 Å². The zero-order valence-corrected chi connectivity index (χ0v) is 11.0. The summed E-state index contributed by atoms with van der Waals surface area (Å²) in [6.07, 6.45) is 1.82. The number of benzene rings is 1. The molecule has 2 aromatic rings. The van der Waals surface area contributed by atoms with Crippen molar-refractivity contribution in [1.29, 1.82) is 0 Å². The van der Waals surface area contributed by atoms with Crippen molar-refractivity contribution in [1.82, 2.24) is 10.3 Å². The minimum atomic E-state index is 0.748. The summed E-state index contributed by atoms with van der Waals surface area (Å²) in [5, 5.41) is 5.35. The molecular weight excluding hydrogens is 240 g/mol. The highest BCUT2D eigenvalue weighted by molar-refractivity contribution is 6.04. The largest absolute Gasteiger partial charge is 0.496 e. The fraction of sp³-hybridized carbons (Fsp3) is 0.357. The molecular formula is C14H18N4O. The maximum Gasteiger partial charge on any atom is 0.138 e. The van der Waals surface area contributed by atoms with Gasteiger partial charge in [-0.1, -0.05) is 0 Å². The molecule has 0 saturated carbocycles. The summed E-state index contributed by atoms with van der Waals surface area (Å²) in [7, 11) is 1.68. The van der Waals surface area contributed by atoms with Crippen molar-refractivity contribution in [3.63, 3.8) is 0 Å². The maximum absolute atomic E-state index is 6.15. The Morgan fingerprint density at radius 3 is 2.79 bits per heavy atom. The van der Waals surface area contributed by atoms with Crippen molar-refractivity contribution in [2.75, 3.05) is 43.9 Å². The number of rotatable bonds is 2. The molecule has 0 radical (unpaired) electrons. The van der Waals surface area contributed by atoms with E-state index in [1.807, 2.05) is 24.4 Å². The molecule has 0 spiro atoms. The smallest absolute Gasteiger partial charge is 0.138 e. The van der Waals surface area contributed by atoms with Gasteiger partial charge in [0.2, 0.25) is 0 Å². The minimum absolute atomic E-state index is 0.748. The average molecular weight is 258 g/mol. The zero-order chi connectivity index (χ0) is 13.2. The number of nitrogens with one attached hydrogen (secondary N) is 1. The summed E-state index contributed by atoms with van der Waals surface area (Å²) in [5.41, 5.74) is 6.90. The van der Waals surface area contributed by atoms with Crippen LogP contribution in [0.25, 0.3) is 10.8 Å².